The average Bonchev–Trinajstić information content (AvgIpc) is 3.01. The van der Waals surface area contributed by atoms with Gasteiger partial charge < -0.3 is 15.4 Å². The second-order valence-corrected chi connectivity index (χ2v) is 9.91. The van der Waals surface area contributed by atoms with Crippen molar-refractivity contribution in [3.8, 4) is 5.75 Å². The van der Waals surface area contributed by atoms with Crippen molar-refractivity contribution in [3.63, 3.8) is 0 Å². The number of anilines is 2. The molecule has 0 radical (unpaired) electrons. The van der Waals surface area contributed by atoms with E-state index in [0.717, 1.165) is 47.4 Å². The summed E-state index contributed by atoms with van der Waals surface area (Å²) in [5, 5.41) is 6.44. The Balaban J connectivity index is 1.43. The average molecular weight is 400 g/mol. The van der Waals surface area contributed by atoms with Crippen LogP contribution in [0.25, 0.3) is 10.2 Å². The van der Waals surface area contributed by atoms with Crippen LogP contribution in [-0.4, -0.2) is 23.9 Å². The molecule has 4 aliphatic rings. The summed E-state index contributed by atoms with van der Waals surface area (Å²) in [6, 6.07) is 3.76. The molecule has 28 heavy (non-hydrogen) atoms. The molecule has 4 bridgehead atoms. The highest BCUT2D eigenvalue weighted by Crippen LogP contribution is 2.60. The van der Waals surface area contributed by atoms with Gasteiger partial charge in [-0.1, -0.05) is 11.3 Å². The molecule has 1 aromatic heterocycles. The van der Waals surface area contributed by atoms with E-state index >= 15 is 0 Å². The zero-order valence-electron chi connectivity index (χ0n) is 16.2. The summed E-state index contributed by atoms with van der Waals surface area (Å²) in [6.45, 7) is 1.46. The zero-order chi connectivity index (χ0) is 19.5. The molecule has 1 heterocycles. The molecule has 6 rings (SSSR count). The Morgan fingerprint density at radius 2 is 1.75 bits per heavy atom. The Kier molecular flexibility index (Phi) is 4.12. The molecule has 4 fully saturated rings. The van der Waals surface area contributed by atoms with Gasteiger partial charge in [0.05, 0.1) is 17.2 Å². The highest BCUT2D eigenvalue weighted by molar-refractivity contribution is 7.22. The van der Waals surface area contributed by atoms with Gasteiger partial charge in [0.1, 0.15) is 11.3 Å². The molecule has 0 unspecified atom stereocenters. The third-order valence-electron chi connectivity index (χ3n) is 6.74. The number of carbonyl (C=O) groups is 2. The maximum absolute atomic E-state index is 13.3. The fourth-order valence-electron chi connectivity index (χ4n) is 6.08. The fourth-order valence-corrected chi connectivity index (χ4v) is 7.05. The Morgan fingerprint density at radius 1 is 1.11 bits per heavy atom. The van der Waals surface area contributed by atoms with Gasteiger partial charge in [0, 0.05) is 18.7 Å². The van der Waals surface area contributed by atoms with Gasteiger partial charge in [0.25, 0.3) is 0 Å². The number of benzene rings is 1. The van der Waals surface area contributed by atoms with Gasteiger partial charge in [-0.25, -0.2) is 4.98 Å². The summed E-state index contributed by atoms with van der Waals surface area (Å²) in [7, 11) is 1.59. The summed E-state index contributed by atoms with van der Waals surface area (Å²) in [4.78, 5) is 29.1. The van der Waals surface area contributed by atoms with Crippen molar-refractivity contribution in [1.29, 1.82) is 0 Å². The number of fused-ring (bicyclic) bond motifs is 1. The predicted octanol–water partition coefficient (Wildman–Crippen LogP) is 4.42. The third-order valence-corrected chi connectivity index (χ3v) is 7.66. The van der Waals surface area contributed by atoms with Crippen LogP contribution in [0.3, 0.4) is 0 Å². The van der Waals surface area contributed by atoms with Crippen LogP contribution in [0.5, 0.6) is 5.75 Å². The molecule has 2 amide bonds. The second kappa shape index (κ2) is 6.44. The summed E-state index contributed by atoms with van der Waals surface area (Å²) in [6.07, 6.45) is 7.07. The largest absolute Gasteiger partial charge is 0.494 e. The number of hydrogen-bond donors (Lipinski definition) is 2. The van der Waals surface area contributed by atoms with Crippen LogP contribution in [-0.2, 0) is 9.59 Å². The van der Waals surface area contributed by atoms with Crippen molar-refractivity contribution in [3.05, 3.63) is 12.1 Å². The van der Waals surface area contributed by atoms with E-state index in [9.17, 15) is 9.59 Å². The highest BCUT2D eigenvalue weighted by atomic mass is 32.1. The SMILES string of the molecule is COc1cc(NC(=O)C23CC4CC(CC(C4)C2)C3)cc2sc(NC(C)=O)nc12. The van der Waals surface area contributed by atoms with Crippen LogP contribution in [0, 0.1) is 23.2 Å². The summed E-state index contributed by atoms with van der Waals surface area (Å²) >= 11 is 1.38. The van der Waals surface area contributed by atoms with Crippen LogP contribution in [0.4, 0.5) is 10.8 Å². The van der Waals surface area contributed by atoms with E-state index in [2.05, 4.69) is 15.6 Å². The lowest BCUT2D eigenvalue weighted by Gasteiger charge is -2.55. The van der Waals surface area contributed by atoms with Crippen molar-refractivity contribution < 1.29 is 14.3 Å². The minimum atomic E-state index is -0.189. The molecule has 6 nitrogen and oxygen atoms in total. The molecule has 0 spiro atoms. The van der Waals surface area contributed by atoms with Crippen LogP contribution in [0.2, 0.25) is 0 Å². The van der Waals surface area contributed by atoms with Crippen molar-refractivity contribution in [2.24, 2.45) is 23.2 Å². The molecule has 2 N–H and O–H groups in total. The van der Waals surface area contributed by atoms with Crippen molar-refractivity contribution in [2.45, 2.75) is 45.4 Å². The smallest absolute Gasteiger partial charge is 0.230 e. The molecule has 4 saturated carbocycles. The van der Waals surface area contributed by atoms with Crippen molar-refractivity contribution >= 4 is 44.2 Å². The van der Waals surface area contributed by atoms with E-state index in [-0.39, 0.29) is 17.2 Å². The Hall–Kier alpha value is -2.15. The number of rotatable bonds is 4. The van der Waals surface area contributed by atoms with E-state index in [1.807, 2.05) is 12.1 Å². The fraction of sp³-hybridized carbons (Fsp3) is 0.571. The Labute approximate surface area is 168 Å². The zero-order valence-corrected chi connectivity index (χ0v) is 17.0. The molecular formula is C21H25N3O3S. The number of ether oxygens (including phenoxy) is 1. The lowest BCUT2D eigenvalue weighted by molar-refractivity contribution is -0.140. The van der Waals surface area contributed by atoms with Gasteiger partial charge in [-0.2, -0.15) is 0 Å². The number of hydrogen-bond acceptors (Lipinski definition) is 5. The van der Waals surface area contributed by atoms with Gasteiger partial charge >= 0.3 is 0 Å². The van der Waals surface area contributed by atoms with Gasteiger partial charge in [-0.15, -0.1) is 0 Å². The van der Waals surface area contributed by atoms with E-state index in [1.165, 1.54) is 37.5 Å². The normalized spacial score (nSPS) is 30.4. The van der Waals surface area contributed by atoms with Gasteiger partial charge in [0.2, 0.25) is 11.8 Å². The van der Waals surface area contributed by atoms with Crippen LogP contribution < -0.4 is 15.4 Å². The molecule has 148 valence electrons. The maximum atomic E-state index is 13.3. The molecular weight excluding hydrogens is 374 g/mol. The Morgan fingerprint density at radius 3 is 2.32 bits per heavy atom. The van der Waals surface area contributed by atoms with E-state index < -0.39 is 0 Å². The molecule has 7 heteroatoms. The minimum absolute atomic E-state index is 0.159. The number of nitrogens with one attached hydrogen (secondary N) is 2. The number of nitrogens with zero attached hydrogens (tertiary/aromatic N) is 1. The molecule has 2 aromatic rings. The van der Waals surface area contributed by atoms with Crippen molar-refractivity contribution in [1.82, 2.24) is 4.98 Å². The first-order valence-corrected chi connectivity index (χ1v) is 10.8. The third kappa shape index (κ3) is 2.96. The quantitative estimate of drug-likeness (QED) is 0.798. The van der Waals surface area contributed by atoms with Gasteiger partial charge in [-0.05, 0) is 62.3 Å². The number of carbonyl (C=O) groups excluding carboxylic acids is 2. The number of amides is 2. The van der Waals surface area contributed by atoms with E-state index in [1.54, 1.807) is 7.11 Å². The first-order chi connectivity index (χ1) is 13.4. The minimum Gasteiger partial charge on any atom is -0.494 e. The molecule has 0 atom stereocenters. The highest BCUT2D eigenvalue weighted by Gasteiger charge is 2.54. The van der Waals surface area contributed by atoms with Gasteiger partial charge in [-0.3, -0.25) is 9.59 Å². The standard InChI is InChI=1S/C21H25N3O3S/c1-11(25)22-20-24-18-16(27-2)6-15(7-17(18)28-20)23-19(26)21-8-12-3-13(9-21)5-14(4-12)10-21/h6-7,12-14H,3-5,8-10H2,1-2H3,(H,23,26)(H,22,24,25). The number of thiazole rings is 1. The first-order valence-electron chi connectivity index (χ1n) is 10.0. The lowest BCUT2D eigenvalue weighted by atomic mass is 9.49. The maximum Gasteiger partial charge on any atom is 0.230 e. The monoisotopic (exact) mass is 399 g/mol. The van der Waals surface area contributed by atoms with E-state index in [4.69, 9.17) is 4.74 Å². The number of methoxy groups -OCH3 is 1. The molecule has 1 aromatic carbocycles. The topological polar surface area (TPSA) is 80.3 Å². The van der Waals surface area contributed by atoms with Crippen LogP contribution in [0.1, 0.15) is 45.4 Å². The molecule has 0 saturated heterocycles. The molecule has 0 aliphatic heterocycles. The lowest BCUT2D eigenvalue weighted by Crippen LogP contribution is -2.51. The van der Waals surface area contributed by atoms with E-state index in [0.29, 0.717) is 16.4 Å². The van der Waals surface area contributed by atoms with Crippen LogP contribution >= 0.6 is 11.3 Å². The number of aromatic nitrogens is 1. The Bertz CT molecular complexity index is 932. The summed E-state index contributed by atoms with van der Waals surface area (Å²) in [5.41, 5.74) is 1.25. The van der Waals surface area contributed by atoms with Crippen molar-refractivity contribution in [2.75, 3.05) is 17.7 Å². The summed E-state index contributed by atoms with van der Waals surface area (Å²) < 4.78 is 6.38. The van der Waals surface area contributed by atoms with Crippen LogP contribution in [0.15, 0.2) is 12.1 Å². The summed E-state index contributed by atoms with van der Waals surface area (Å²) in [5.74, 6) is 2.81. The molecule has 4 aliphatic carbocycles. The predicted molar refractivity (Wildman–Crippen MR) is 110 cm³/mol. The second-order valence-electron chi connectivity index (χ2n) is 8.88. The van der Waals surface area contributed by atoms with Gasteiger partial charge in [0.15, 0.2) is 5.13 Å². The first kappa shape index (κ1) is 17.9.